The van der Waals surface area contributed by atoms with E-state index in [1.165, 1.54) is 6.07 Å². The summed E-state index contributed by atoms with van der Waals surface area (Å²) in [6.07, 6.45) is 3.19. The molecule has 0 spiro atoms. The standard InChI is InChI=1S/C34H39FN6O5/c35-29-6-5-21(16-30-26-3-1-2-4-27(26)31(42)37-36-30)15-28(29)33(44)40-13-11-39(12-14-40)32(43)22-7-9-38(10-8-22)25-17-23-19-41(34(45)46)20-24(23)18-25/h1-6,15,22-25H,7-14,16-20H2,(H,37,42)(H,45,46)/t23-,24+,25?. The molecular weight excluding hydrogens is 591 g/mol. The molecule has 1 aromatic heterocycles. The van der Waals surface area contributed by atoms with Crippen molar-refractivity contribution >= 4 is 28.7 Å². The van der Waals surface area contributed by atoms with Crippen LogP contribution in [0.15, 0.2) is 47.3 Å². The number of hydrogen-bond acceptors (Lipinski definition) is 6. The van der Waals surface area contributed by atoms with Crippen LogP contribution in [0.3, 0.4) is 0 Å². The van der Waals surface area contributed by atoms with E-state index in [0.717, 1.165) is 38.8 Å². The molecule has 4 fully saturated rings. The highest BCUT2D eigenvalue weighted by atomic mass is 19.1. The Morgan fingerprint density at radius 2 is 1.52 bits per heavy atom. The van der Waals surface area contributed by atoms with Gasteiger partial charge < -0.3 is 24.7 Å². The molecule has 1 saturated carbocycles. The molecule has 2 aromatic carbocycles. The van der Waals surface area contributed by atoms with Gasteiger partial charge in [0.1, 0.15) is 5.82 Å². The summed E-state index contributed by atoms with van der Waals surface area (Å²) in [4.78, 5) is 57.9. The normalized spacial score (nSPS) is 24.0. The lowest BCUT2D eigenvalue weighted by Crippen LogP contribution is -2.53. The zero-order valence-corrected chi connectivity index (χ0v) is 25.7. The van der Waals surface area contributed by atoms with Gasteiger partial charge in [0.15, 0.2) is 0 Å². The van der Waals surface area contributed by atoms with E-state index in [2.05, 4.69) is 15.1 Å². The minimum absolute atomic E-state index is 0.00917. The van der Waals surface area contributed by atoms with Crippen LogP contribution in [-0.2, 0) is 11.2 Å². The summed E-state index contributed by atoms with van der Waals surface area (Å²) in [6.45, 7) is 4.57. The van der Waals surface area contributed by atoms with Gasteiger partial charge in [-0.3, -0.25) is 14.4 Å². The number of aromatic nitrogens is 2. The number of carbonyl (C=O) groups excluding carboxylic acids is 2. The van der Waals surface area contributed by atoms with Gasteiger partial charge >= 0.3 is 6.09 Å². The average Bonchev–Trinajstić information content (AvgIpc) is 3.67. The van der Waals surface area contributed by atoms with E-state index in [-0.39, 0.29) is 22.9 Å². The number of benzene rings is 2. The second kappa shape index (κ2) is 12.5. The topological polar surface area (TPSA) is 130 Å². The van der Waals surface area contributed by atoms with Crippen molar-refractivity contribution in [2.24, 2.45) is 17.8 Å². The number of H-pyrrole nitrogens is 1. The SMILES string of the molecule is O=C(O)N1C[C@H]2CC(N3CCC(C(=O)N4CCN(C(=O)c5cc(Cc6n[nH]c(=O)c7ccccc67)ccc5F)CC4)CC3)C[C@H]2C1. The van der Waals surface area contributed by atoms with Gasteiger partial charge in [0.05, 0.1) is 16.6 Å². The molecule has 4 aliphatic rings. The monoisotopic (exact) mass is 630 g/mol. The lowest BCUT2D eigenvalue weighted by molar-refractivity contribution is -0.138. The molecule has 11 nitrogen and oxygen atoms in total. The minimum Gasteiger partial charge on any atom is -0.465 e. The van der Waals surface area contributed by atoms with Crippen LogP contribution in [0.4, 0.5) is 9.18 Å². The van der Waals surface area contributed by atoms with Gasteiger partial charge in [0, 0.05) is 63.0 Å². The van der Waals surface area contributed by atoms with Gasteiger partial charge in [-0.25, -0.2) is 14.3 Å². The lowest BCUT2D eigenvalue weighted by Gasteiger charge is -2.40. The minimum atomic E-state index is -0.817. The van der Waals surface area contributed by atoms with Gasteiger partial charge in [-0.2, -0.15) is 5.10 Å². The fourth-order valence-corrected chi connectivity index (χ4v) is 8.14. The predicted octanol–water partition coefficient (Wildman–Crippen LogP) is 3.04. The molecule has 0 radical (unpaired) electrons. The summed E-state index contributed by atoms with van der Waals surface area (Å²) in [5, 5.41) is 17.3. The fourth-order valence-electron chi connectivity index (χ4n) is 8.14. The Morgan fingerprint density at radius 1 is 0.870 bits per heavy atom. The van der Waals surface area contributed by atoms with Crippen LogP contribution in [0.2, 0.25) is 0 Å². The van der Waals surface area contributed by atoms with Crippen molar-refractivity contribution in [3.8, 4) is 0 Å². The molecule has 3 amide bonds. The van der Waals surface area contributed by atoms with Gasteiger partial charge in [0.2, 0.25) is 5.91 Å². The molecule has 4 heterocycles. The first kappa shape index (κ1) is 30.3. The Hall–Kier alpha value is -4.32. The molecule has 0 bridgehead atoms. The highest BCUT2D eigenvalue weighted by Crippen LogP contribution is 2.41. The van der Waals surface area contributed by atoms with Crippen molar-refractivity contribution in [1.82, 2.24) is 29.8 Å². The van der Waals surface area contributed by atoms with E-state index in [1.54, 1.807) is 34.1 Å². The van der Waals surface area contributed by atoms with Crippen LogP contribution >= 0.6 is 0 Å². The molecule has 2 N–H and O–H groups in total. The molecule has 7 rings (SSSR count). The predicted molar refractivity (Wildman–Crippen MR) is 168 cm³/mol. The number of likely N-dealkylation sites (tertiary alicyclic amines) is 2. The number of amides is 3. The van der Waals surface area contributed by atoms with E-state index in [1.807, 2.05) is 17.0 Å². The van der Waals surface area contributed by atoms with E-state index in [4.69, 9.17) is 0 Å². The van der Waals surface area contributed by atoms with Crippen molar-refractivity contribution in [3.63, 3.8) is 0 Å². The average molecular weight is 631 g/mol. The Morgan fingerprint density at radius 3 is 2.20 bits per heavy atom. The number of carbonyl (C=O) groups is 3. The first-order chi connectivity index (χ1) is 22.2. The summed E-state index contributed by atoms with van der Waals surface area (Å²) >= 11 is 0. The maximum absolute atomic E-state index is 14.9. The van der Waals surface area contributed by atoms with Crippen molar-refractivity contribution in [1.29, 1.82) is 0 Å². The third-order valence-electron chi connectivity index (χ3n) is 10.7. The number of aromatic amines is 1. The molecular formula is C34H39FN6O5. The highest BCUT2D eigenvalue weighted by molar-refractivity contribution is 5.95. The Balaban J connectivity index is 0.915. The molecule has 46 heavy (non-hydrogen) atoms. The zero-order chi connectivity index (χ0) is 31.9. The zero-order valence-electron chi connectivity index (χ0n) is 25.7. The molecule has 3 atom stereocenters. The number of piperidine rings is 1. The van der Waals surface area contributed by atoms with Crippen molar-refractivity contribution < 1.29 is 23.9 Å². The number of piperazine rings is 1. The Bertz CT molecular complexity index is 1700. The van der Waals surface area contributed by atoms with Crippen molar-refractivity contribution in [3.05, 3.63) is 75.5 Å². The van der Waals surface area contributed by atoms with Crippen LogP contribution < -0.4 is 5.56 Å². The maximum Gasteiger partial charge on any atom is 0.407 e. The molecule has 1 unspecified atom stereocenters. The van der Waals surface area contributed by atoms with E-state index in [0.29, 0.717) is 85.6 Å². The van der Waals surface area contributed by atoms with Crippen LogP contribution in [0.1, 0.15) is 47.3 Å². The number of nitrogens with one attached hydrogen (secondary N) is 1. The first-order valence-electron chi connectivity index (χ1n) is 16.3. The van der Waals surface area contributed by atoms with Crippen molar-refractivity contribution in [2.45, 2.75) is 38.1 Å². The third-order valence-corrected chi connectivity index (χ3v) is 10.7. The number of rotatable bonds is 5. The van der Waals surface area contributed by atoms with Crippen LogP contribution in [0.5, 0.6) is 0 Å². The van der Waals surface area contributed by atoms with E-state index in [9.17, 15) is 28.7 Å². The Kier molecular flexibility index (Phi) is 8.22. The summed E-state index contributed by atoms with van der Waals surface area (Å²) in [7, 11) is 0. The summed E-state index contributed by atoms with van der Waals surface area (Å²) in [5.74, 6) is 0.0109. The molecule has 3 saturated heterocycles. The second-order valence-electron chi connectivity index (χ2n) is 13.3. The lowest BCUT2D eigenvalue weighted by atomic mass is 9.93. The van der Waals surface area contributed by atoms with Crippen molar-refractivity contribution in [2.75, 3.05) is 52.4 Å². The molecule has 242 valence electrons. The first-order valence-corrected chi connectivity index (χ1v) is 16.3. The summed E-state index contributed by atoms with van der Waals surface area (Å²) < 4.78 is 14.9. The summed E-state index contributed by atoms with van der Waals surface area (Å²) in [6, 6.07) is 12.1. The van der Waals surface area contributed by atoms with Crippen LogP contribution in [-0.4, -0.2) is 111 Å². The maximum atomic E-state index is 14.9. The van der Waals surface area contributed by atoms with Gasteiger partial charge in [-0.1, -0.05) is 24.3 Å². The molecule has 1 aliphatic carbocycles. The summed E-state index contributed by atoms with van der Waals surface area (Å²) in [5.41, 5.74) is 1.06. The number of nitrogens with zero attached hydrogens (tertiary/aromatic N) is 5. The number of fused-ring (bicyclic) bond motifs is 2. The molecule has 3 aromatic rings. The van der Waals surface area contributed by atoms with Gasteiger partial charge in [-0.05, 0) is 74.4 Å². The molecule has 12 heteroatoms. The number of carboxylic acid groups (broad SMARTS) is 1. The van der Waals surface area contributed by atoms with Crippen LogP contribution in [0.25, 0.3) is 10.8 Å². The Labute approximate surface area is 265 Å². The van der Waals surface area contributed by atoms with Crippen LogP contribution in [0, 0.1) is 23.6 Å². The van der Waals surface area contributed by atoms with Gasteiger partial charge in [0.25, 0.3) is 11.5 Å². The smallest absolute Gasteiger partial charge is 0.407 e. The number of halogens is 1. The van der Waals surface area contributed by atoms with E-state index >= 15 is 0 Å². The third kappa shape index (κ3) is 5.86. The quantitative estimate of drug-likeness (QED) is 0.443. The van der Waals surface area contributed by atoms with E-state index < -0.39 is 17.8 Å². The number of hydrogen-bond donors (Lipinski definition) is 2. The second-order valence-corrected chi connectivity index (χ2v) is 13.3. The van der Waals surface area contributed by atoms with Gasteiger partial charge in [-0.15, -0.1) is 0 Å². The highest BCUT2D eigenvalue weighted by Gasteiger charge is 2.45. The largest absolute Gasteiger partial charge is 0.465 e. The fraction of sp³-hybridized carbons (Fsp3) is 0.500. The molecule has 3 aliphatic heterocycles.